The third kappa shape index (κ3) is 3.75. The van der Waals surface area contributed by atoms with Gasteiger partial charge in [0.05, 0.1) is 0 Å². The van der Waals surface area contributed by atoms with E-state index in [-0.39, 0.29) is 0 Å². The van der Waals surface area contributed by atoms with Gasteiger partial charge in [0.1, 0.15) is 6.61 Å². The molecule has 1 saturated heterocycles. The Bertz CT molecular complexity index is 619. The Morgan fingerprint density at radius 3 is 2.45 bits per heavy atom. The molecule has 0 aliphatic carbocycles. The first kappa shape index (κ1) is 14.8. The van der Waals surface area contributed by atoms with E-state index in [1.54, 1.807) is 0 Å². The van der Waals surface area contributed by atoms with Crippen molar-refractivity contribution in [3.63, 3.8) is 0 Å². The van der Waals surface area contributed by atoms with E-state index < -0.39 is 0 Å². The summed E-state index contributed by atoms with van der Waals surface area (Å²) in [6.45, 7) is 6.70. The number of hydrogen-bond donors (Lipinski definition) is 0. The van der Waals surface area contributed by atoms with Crippen molar-refractivity contribution in [3.05, 3.63) is 47.2 Å². The zero-order valence-electron chi connectivity index (χ0n) is 13.4. The van der Waals surface area contributed by atoms with Gasteiger partial charge < -0.3 is 9.64 Å². The van der Waals surface area contributed by atoms with Crippen LogP contribution < -0.4 is 9.64 Å². The highest BCUT2D eigenvalue weighted by molar-refractivity contribution is 5.34. The number of aromatic nitrogens is 2. The second kappa shape index (κ2) is 6.77. The van der Waals surface area contributed by atoms with Gasteiger partial charge in [0.2, 0.25) is 11.8 Å². The van der Waals surface area contributed by atoms with Gasteiger partial charge in [-0.05, 0) is 38.7 Å². The molecule has 2 heterocycles. The number of nitrogens with zero attached hydrogens (tertiary/aromatic N) is 3. The molecular formula is C18H23N3O. The fraction of sp³-hybridized carbons (Fsp3) is 0.444. The topological polar surface area (TPSA) is 38.2 Å². The maximum Gasteiger partial charge on any atom is 0.228 e. The Morgan fingerprint density at radius 1 is 1.00 bits per heavy atom. The molecule has 1 aliphatic rings. The molecule has 1 aromatic carbocycles. The van der Waals surface area contributed by atoms with Crippen LogP contribution in [0.4, 0.5) is 5.95 Å². The summed E-state index contributed by atoms with van der Waals surface area (Å²) in [5.41, 5.74) is 3.37. The Labute approximate surface area is 132 Å². The molecule has 0 N–H and O–H groups in total. The molecule has 116 valence electrons. The second-order valence-corrected chi connectivity index (χ2v) is 5.97. The lowest BCUT2D eigenvalue weighted by Crippen LogP contribution is -2.31. The van der Waals surface area contributed by atoms with Gasteiger partial charge in [-0.2, -0.15) is 4.98 Å². The van der Waals surface area contributed by atoms with Gasteiger partial charge in [0, 0.05) is 24.8 Å². The summed E-state index contributed by atoms with van der Waals surface area (Å²) in [6.07, 6.45) is 3.74. The first-order valence-corrected chi connectivity index (χ1v) is 8.00. The van der Waals surface area contributed by atoms with E-state index in [9.17, 15) is 0 Å². The quantitative estimate of drug-likeness (QED) is 0.863. The molecule has 22 heavy (non-hydrogen) atoms. The Morgan fingerprint density at radius 2 is 1.73 bits per heavy atom. The molecule has 1 aliphatic heterocycles. The summed E-state index contributed by atoms with van der Waals surface area (Å²) < 4.78 is 5.87. The average molecular weight is 297 g/mol. The molecule has 4 heteroatoms. The van der Waals surface area contributed by atoms with Gasteiger partial charge in [-0.3, -0.25) is 0 Å². The van der Waals surface area contributed by atoms with Crippen molar-refractivity contribution in [2.75, 3.05) is 18.0 Å². The maximum absolute atomic E-state index is 5.87. The lowest BCUT2D eigenvalue weighted by Gasteiger charge is -2.27. The summed E-state index contributed by atoms with van der Waals surface area (Å²) in [4.78, 5) is 11.4. The standard InChI is InChI=1S/C18H23N3O/c1-14-6-8-16(9-7-14)13-22-17-12-15(2)19-18(20-17)21-10-4-3-5-11-21/h6-9,12H,3-5,10-11,13H2,1-2H3. The van der Waals surface area contributed by atoms with Crippen LogP contribution in [0.25, 0.3) is 0 Å². The van der Waals surface area contributed by atoms with E-state index in [4.69, 9.17) is 4.74 Å². The van der Waals surface area contributed by atoms with Crippen LogP contribution >= 0.6 is 0 Å². The maximum atomic E-state index is 5.87. The molecule has 0 bridgehead atoms. The molecule has 0 saturated carbocycles. The lowest BCUT2D eigenvalue weighted by molar-refractivity contribution is 0.293. The zero-order chi connectivity index (χ0) is 15.4. The van der Waals surface area contributed by atoms with Crippen molar-refractivity contribution >= 4 is 5.95 Å². The van der Waals surface area contributed by atoms with Crippen molar-refractivity contribution in [1.29, 1.82) is 0 Å². The summed E-state index contributed by atoms with van der Waals surface area (Å²) in [5.74, 6) is 1.47. The van der Waals surface area contributed by atoms with Crippen molar-refractivity contribution in [2.45, 2.75) is 39.7 Å². The van der Waals surface area contributed by atoms with E-state index in [2.05, 4.69) is 46.1 Å². The van der Waals surface area contributed by atoms with Gasteiger partial charge >= 0.3 is 0 Å². The predicted molar refractivity (Wildman–Crippen MR) is 88.3 cm³/mol. The molecule has 0 spiro atoms. The molecule has 1 fully saturated rings. The highest BCUT2D eigenvalue weighted by Gasteiger charge is 2.15. The molecule has 2 aromatic rings. The van der Waals surface area contributed by atoms with Gasteiger partial charge in [-0.15, -0.1) is 0 Å². The molecule has 0 unspecified atom stereocenters. The third-order valence-corrected chi connectivity index (χ3v) is 3.97. The van der Waals surface area contributed by atoms with Crippen LogP contribution in [0.1, 0.15) is 36.1 Å². The summed E-state index contributed by atoms with van der Waals surface area (Å²) in [5, 5.41) is 0. The fourth-order valence-corrected chi connectivity index (χ4v) is 2.68. The van der Waals surface area contributed by atoms with Crippen LogP contribution in [-0.2, 0) is 6.61 Å². The summed E-state index contributed by atoms with van der Waals surface area (Å²) in [7, 11) is 0. The van der Waals surface area contributed by atoms with Crippen LogP contribution in [0.3, 0.4) is 0 Å². The van der Waals surface area contributed by atoms with E-state index in [1.807, 2.05) is 13.0 Å². The molecule has 0 amide bonds. The SMILES string of the molecule is Cc1ccc(COc2cc(C)nc(N3CCCCC3)n2)cc1. The zero-order valence-corrected chi connectivity index (χ0v) is 13.4. The van der Waals surface area contributed by atoms with E-state index in [0.29, 0.717) is 12.5 Å². The number of ether oxygens (including phenoxy) is 1. The number of anilines is 1. The lowest BCUT2D eigenvalue weighted by atomic mass is 10.1. The first-order chi connectivity index (χ1) is 10.7. The fourth-order valence-electron chi connectivity index (χ4n) is 2.68. The average Bonchev–Trinajstić information content (AvgIpc) is 2.55. The number of rotatable bonds is 4. The van der Waals surface area contributed by atoms with Crippen LogP contribution in [-0.4, -0.2) is 23.1 Å². The smallest absolute Gasteiger partial charge is 0.228 e. The van der Waals surface area contributed by atoms with Crippen molar-refractivity contribution in [3.8, 4) is 5.88 Å². The van der Waals surface area contributed by atoms with Crippen molar-refractivity contribution < 1.29 is 4.74 Å². The highest BCUT2D eigenvalue weighted by Crippen LogP contribution is 2.20. The Hall–Kier alpha value is -2.10. The Kier molecular flexibility index (Phi) is 4.56. The van der Waals surface area contributed by atoms with Crippen LogP contribution in [0.5, 0.6) is 5.88 Å². The third-order valence-electron chi connectivity index (χ3n) is 3.97. The minimum absolute atomic E-state index is 0.538. The molecule has 4 nitrogen and oxygen atoms in total. The second-order valence-electron chi connectivity index (χ2n) is 5.97. The predicted octanol–water partition coefficient (Wildman–Crippen LogP) is 3.66. The van der Waals surface area contributed by atoms with Crippen molar-refractivity contribution in [2.24, 2.45) is 0 Å². The van der Waals surface area contributed by atoms with Crippen LogP contribution in [0.15, 0.2) is 30.3 Å². The molecule has 0 radical (unpaired) electrons. The number of hydrogen-bond acceptors (Lipinski definition) is 4. The molecule has 1 aromatic heterocycles. The Balaban J connectivity index is 1.70. The van der Waals surface area contributed by atoms with Gasteiger partial charge in [-0.25, -0.2) is 4.98 Å². The van der Waals surface area contributed by atoms with E-state index >= 15 is 0 Å². The molecular weight excluding hydrogens is 274 g/mol. The highest BCUT2D eigenvalue weighted by atomic mass is 16.5. The minimum Gasteiger partial charge on any atom is -0.473 e. The first-order valence-electron chi connectivity index (χ1n) is 8.00. The van der Waals surface area contributed by atoms with Crippen molar-refractivity contribution in [1.82, 2.24) is 9.97 Å². The summed E-state index contributed by atoms with van der Waals surface area (Å²) in [6, 6.07) is 10.3. The van der Waals surface area contributed by atoms with Crippen LogP contribution in [0, 0.1) is 13.8 Å². The molecule has 0 atom stereocenters. The van der Waals surface area contributed by atoms with E-state index in [1.165, 1.54) is 24.8 Å². The van der Waals surface area contributed by atoms with E-state index in [0.717, 1.165) is 30.3 Å². The van der Waals surface area contributed by atoms with Gasteiger partial charge in [-0.1, -0.05) is 29.8 Å². The van der Waals surface area contributed by atoms with Gasteiger partial charge in [0.25, 0.3) is 0 Å². The number of aryl methyl sites for hydroxylation is 2. The molecule has 3 rings (SSSR count). The summed E-state index contributed by atoms with van der Waals surface area (Å²) >= 11 is 0. The largest absolute Gasteiger partial charge is 0.473 e. The van der Waals surface area contributed by atoms with Crippen LogP contribution in [0.2, 0.25) is 0 Å². The number of benzene rings is 1. The normalized spacial score (nSPS) is 14.9. The number of piperidine rings is 1. The van der Waals surface area contributed by atoms with Gasteiger partial charge in [0.15, 0.2) is 0 Å². The monoisotopic (exact) mass is 297 g/mol. The minimum atomic E-state index is 0.538.